The summed E-state index contributed by atoms with van der Waals surface area (Å²) in [5, 5.41) is 6.62. The van der Waals surface area contributed by atoms with E-state index in [-0.39, 0.29) is 12.1 Å². The van der Waals surface area contributed by atoms with Gasteiger partial charge in [-0.1, -0.05) is 19.3 Å². The Bertz CT molecular complexity index is 332. The number of alkyl carbamates (subject to hydrolysis) is 1. The van der Waals surface area contributed by atoms with E-state index in [2.05, 4.69) is 17.6 Å². The number of carbonyl (C=O) groups is 1. The molecule has 2 N–H and O–H groups in total. The zero-order valence-corrected chi connectivity index (χ0v) is 13.4. The first-order chi connectivity index (χ1) is 9.35. The van der Waals surface area contributed by atoms with Crippen molar-refractivity contribution in [1.82, 2.24) is 10.6 Å². The van der Waals surface area contributed by atoms with Crippen molar-refractivity contribution in [1.29, 1.82) is 0 Å². The molecule has 0 bridgehead atoms. The normalized spacial score (nSPS) is 28.8. The molecule has 0 aromatic heterocycles. The van der Waals surface area contributed by atoms with Gasteiger partial charge in [0, 0.05) is 18.1 Å². The topological polar surface area (TPSA) is 50.4 Å². The van der Waals surface area contributed by atoms with Crippen molar-refractivity contribution in [3.8, 4) is 0 Å². The molecule has 3 atom stereocenters. The first-order valence-corrected chi connectivity index (χ1v) is 8.11. The first-order valence-electron chi connectivity index (χ1n) is 8.11. The third-order valence-corrected chi connectivity index (χ3v) is 4.33. The lowest BCUT2D eigenvalue weighted by Gasteiger charge is -2.28. The smallest absolute Gasteiger partial charge is 0.407 e. The number of ether oxygens (including phenoxy) is 1. The molecule has 2 aliphatic carbocycles. The van der Waals surface area contributed by atoms with Gasteiger partial charge in [-0.05, 0) is 52.9 Å². The fourth-order valence-electron chi connectivity index (χ4n) is 3.11. The summed E-state index contributed by atoms with van der Waals surface area (Å²) in [5.74, 6) is 0.812. The van der Waals surface area contributed by atoms with Crippen LogP contribution in [0.2, 0.25) is 0 Å². The van der Waals surface area contributed by atoms with Crippen molar-refractivity contribution in [3.05, 3.63) is 0 Å². The number of nitrogens with one attached hydrogen (secondary N) is 2. The highest BCUT2D eigenvalue weighted by Gasteiger charge is 2.40. The van der Waals surface area contributed by atoms with Crippen molar-refractivity contribution >= 4 is 6.09 Å². The predicted molar refractivity (Wildman–Crippen MR) is 80.7 cm³/mol. The van der Waals surface area contributed by atoms with Crippen molar-refractivity contribution in [2.24, 2.45) is 5.92 Å². The predicted octanol–water partition coefficient (Wildman–Crippen LogP) is 3.21. The molecule has 2 saturated carbocycles. The molecule has 0 saturated heterocycles. The highest BCUT2D eigenvalue weighted by atomic mass is 16.6. The SMILES string of the molecule is CC(NC1CC1NC(=O)OC(C)(C)C)C1CCCCC1. The largest absolute Gasteiger partial charge is 0.444 e. The van der Waals surface area contributed by atoms with Gasteiger partial charge >= 0.3 is 6.09 Å². The van der Waals surface area contributed by atoms with Crippen molar-refractivity contribution < 1.29 is 9.53 Å². The minimum Gasteiger partial charge on any atom is -0.444 e. The van der Waals surface area contributed by atoms with Crippen LogP contribution in [0.1, 0.15) is 66.2 Å². The quantitative estimate of drug-likeness (QED) is 0.832. The van der Waals surface area contributed by atoms with Crippen LogP contribution in [-0.4, -0.2) is 29.8 Å². The van der Waals surface area contributed by atoms with Crippen LogP contribution < -0.4 is 10.6 Å². The molecule has 4 heteroatoms. The second-order valence-electron chi connectivity index (χ2n) is 7.45. The summed E-state index contributed by atoms with van der Waals surface area (Å²) in [7, 11) is 0. The lowest BCUT2D eigenvalue weighted by atomic mass is 9.84. The molecule has 0 aromatic rings. The van der Waals surface area contributed by atoms with Gasteiger partial charge in [-0.15, -0.1) is 0 Å². The van der Waals surface area contributed by atoms with Crippen LogP contribution in [0, 0.1) is 5.92 Å². The van der Waals surface area contributed by atoms with E-state index in [0.717, 1.165) is 12.3 Å². The second kappa shape index (κ2) is 6.33. The van der Waals surface area contributed by atoms with Gasteiger partial charge in [0.15, 0.2) is 0 Å². The Morgan fingerprint density at radius 2 is 1.80 bits per heavy atom. The van der Waals surface area contributed by atoms with Gasteiger partial charge in [0.1, 0.15) is 5.60 Å². The Kier molecular flexibility index (Phi) is 4.95. The number of rotatable bonds is 4. The molecule has 20 heavy (non-hydrogen) atoms. The van der Waals surface area contributed by atoms with E-state index in [1.807, 2.05) is 20.8 Å². The van der Waals surface area contributed by atoms with Crippen LogP contribution in [0.5, 0.6) is 0 Å². The summed E-state index contributed by atoms with van der Waals surface area (Å²) < 4.78 is 5.28. The minimum atomic E-state index is -0.419. The van der Waals surface area contributed by atoms with Gasteiger partial charge < -0.3 is 15.4 Å². The van der Waals surface area contributed by atoms with Gasteiger partial charge in [0.05, 0.1) is 0 Å². The van der Waals surface area contributed by atoms with Crippen LogP contribution in [0.4, 0.5) is 4.79 Å². The summed E-state index contributed by atoms with van der Waals surface area (Å²) >= 11 is 0. The number of amides is 1. The minimum absolute atomic E-state index is 0.246. The Labute approximate surface area is 123 Å². The van der Waals surface area contributed by atoms with Crippen LogP contribution in [0.15, 0.2) is 0 Å². The Morgan fingerprint density at radius 1 is 1.15 bits per heavy atom. The number of hydrogen-bond donors (Lipinski definition) is 2. The Hall–Kier alpha value is -0.770. The second-order valence-corrected chi connectivity index (χ2v) is 7.45. The summed E-state index contributed by atoms with van der Waals surface area (Å²) in [6.07, 6.45) is 7.58. The third-order valence-electron chi connectivity index (χ3n) is 4.33. The van der Waals surface area contributed by atoms with Crippen molar-refractivity contribution in [2.75, 3.05) is 0 Å². The standard InChI is InChI=1S/C16H30N2O2/c1-11(12-8-6-5-7-9-12)17-13-10-14(13)18-15(19)20-16(2,3)4/h11-14,17H,5-10H2,1-4H3,(H,18,19). The van der Waals surface area contributed by atoms with Gasteiger partial charge in [0.25, 0.3) is 0 Å². The van der Waals surface area contributed by atoms with Crippen LogP contribution in [0.3, 0.4) is 0 Å². The maximum Gasteiger partial charge on any atom is 0.407 e. The summed E-state index contributed by atoms with van der Waals surface area (Å²) in [6.45, 7) is 7.96. The molecule has 1 amide bonds. The molecule has 2 rings (SSSR count). The maximum absolute atomic E-state index is 11.7. The summed E-state index contributed by atoms with van der Waals surface area (Å²) in [4.78, 5) is 11.7. The lowest BCUT2D eigenvalue weighted by molar-refractivity contribution is 0.0521. The summed E-state index contributed by atoms with van der Waals surface area (Å²) in [5.41, 5.74) is -0.419. The first kappa shape index (κ1) is 15.6. The van der Waals surface area contributed by atoms with E-state index in [1.165, 1.54) is 32.1 Å². The fraction of sp³-hybridized carbons (Fsp3) is 0.938. The zero-order valence-electron chi connectivity index (χ0n) is 13.4. The van der Waals surface area contributed by atoms with Gasteiger partial charge in [-0.3, -0.25) is 0 Å². The molecule has 0 spiro atoms. The van der Waals surface area contributed by atoms with E-state index in [4.69, 9.17) is 4.74 Å². The fourth-order valence-corrected chi connectivity index (χ4v) is 3.11. The molecule has 4 nitrogen and oxygen atoms in total. The molecular formula is C16H30N2O2. The average Bonchev–Trinajstić information content (AvgIpc) is 3.05. The molecule has 2 aliphatic rings. The lowest BCUT2D eigenvalue weighted by Crippen LogP contribution is -2.41. The van der Waals surface area contributed by atoms with E-state index < -0.39 is 5.60 Å². The molecule has 116 valence electrons. The van der Waals surface area contributed by atoms with Gasteiger partial charge in [-0.25, -0.2) is 4.79 Å². The van der Waals surface area contributed by atoms with Crippen LogP contribution in [-0.2, 0) is 4.74 Å². The van der Waals surface area contributed by atoms with Crippen LogP contribution in [0.25, 0.3) is 0 Å². The molecular weight excluding hydrogens is 252 g/mol. The molecule has 0 radical (unpaired) electrons. The van der Waals surface area contributed by atoms with E-state index in [1.54, 1.807) is 0 Å². The van der Waals surface area contributed by atoms with Gasteiger partial charge in [-0.2, -0.15) is 0 Å². The molecule has 2 fully saturated rings. The third kappa shape index (κ3) is 4.97. The molecule has 0 aromatic carbocycles. The highest BCUT2D eigenvalue weighted by molar-refractivity contribution is 5.68. The monoisotopic (exact) mass is 282 g/mol. The summed E-state index contributed by atoms with van der Waals surface area (Å²) in [6, 6.07) is 1.24. The maximum atomic E-state index is 11.7. The van der Waals surface area contributed by atoms with Gasteiger partial charge in [0.2, 0.25) is 0 Å². The van der Waals surface area contributed by atoms with Crippen molar-refractivity contribution in [3.63, 3.8) is 0 Å². The Balaban J connectivity index is 1.66. The number of carbonyl (C=O) groups excluding carboxylic acids is 1. The Morgan fingerprint density at radius 3 is 2.40 bits per heavy atom. The van der Waals surface area contributed by atoms with E-state index in [0.29, 0.717) is 12.1 Å². The number of hydrogen-bond acceptors (Lipinski definition) is 3. The molecule has 3 unspecified atom stereocenters. The van der Waals surface area contributed by atoms with E-state index in [9.17, 15) is 4.79 Å². The average molecular weight is 282 g/mol. The van der Waals surface area contributed by atoms with Crippen LogP contribution >= 0.6 is 0 Å². The van der Waals surface area contributed by atoms with Crippen molar-refractivity contribution in [2.45, 2.75) is 89.9 Å². The highest BCUT2D eigenvalue weighted by Crippen LogP contribution is 2.29. The molecule has 0 heterocycles. The zero-order chi connectivity index (χ0) is 14.8. The molecule has 0 aliphatic heterocycles. The van der Waals surface area contributed by atoms with E-state index >= 15 is 0 Å².